The maximum absolute atomic E-state index is 13.4. The summed E-state index contributed by atoms with van der Waals surface area (Å²) in [6.07, 6.45) is 0.623. The first kappa shape index (κ1) is 15.0. The molecule has 1 heterocycles. The van der Waals surface area contributed by atoms with Crippen LogP contribution in [-0.4, -0.2) is 16.8 Å². The Hall–Kier alpha value is -1.39. The molecule has 0 fully saturated rings. The summed E-state index contributed by atoms with van der Waals surface area (Å²) < 4.78 is 15.3. The van der Waals surface area contributed by atoms with E-state index >= 15 is 0 Å². The van der Waals surface area contributed by atoms with Crippen LogP contribution >= 0.6 is 11.6 Å². The molecule has 0 saturated heterocycles. The molecule has 0 bridgehead atoms. The van der Waals surface area contributed by atoms with Crippen LogP contribution in [0.25, 0.3) is 0 Å². The van der Waals surface area contributed by atoms with Gasteiger partial charge in [0.05, 0.1) is 17.4 Å². The minimum atomic E-state index is -0.264. The Morgan fingerprint density at radius 3 is 2.80 bits per heavy atom. The van der Waals surface area contributed by atoms with Gasteiger partial charge in [0, 0.05) is 11.6 Å². The second kappa shape index (κ2) is 6.37. The van der Waals surface area contributed by atoms with E-state index < -0.39 is 0 Å². The van der Waals surface area contributed by atoms with E-state index in [-0.39, 0.29) is 11.9 Å². The van der Waals surface area contributed by atoms with Crippen LogP contribution in [0.15, 0.2) is 24.3 Å². The zero-order valence-corrected chi connectivity index (χ0v) is 12.7. The molecule has 0 spiro atoms. The molecule has 20 heavy (non-hydrogen) atoms. The van der Waals surface area contributed by atoms with Crippen molar-refractivity contribution >= 4 is 11.6 Å². The van der Waals surface area contributed by atoms with Crippen molar-refractivity contribution in [2.24, 2.45) is 0 Å². The van der Waals surface area contributed by atoms with E-state index in [0.717, 1.165) is 23.5 Å². The molecule has 0 aliphatic rings. The summed E-state index contributed by atoms with van der Waals surface area (Å²) in [6, 6.07) is 6.57. The summed E-state index contributed by atoms with van der Waals surface area (Å²) in [4.78, 5) is 0. The van der Waals surface area contributed by atoms with Crippen molar-refractivity contribution in [2.45, 2.75) is 32.9 Å². The molecular formula is C15H19ClFN3. The Morgan fingerprint density at radius 1 is 1.40 bits per heavy atom. The molecule has 2 aromatic rings. The number of rotatable bonds is 5. The average molecular weight is 296 g/mol. The van der Waals surface area contributed by atoms with Crippen LogP contribution in [0.5, 0.6) is 0 Å². The third-order valence-corrected chi connectivity index (χ3v) is 3.74. The molecule has 1 aromatic carbocycles. The minimum Gasteiger partial charge on any atom is -0.311 e. The maximum Gasteiger partial charge on any atom is 0.123 e. The number of halogens is 2. The molecule has 1 atom stereocenters. The number of nitrogens with one attached hydrogen (secondary N) is 1. The topological polar surface area (TPSA) is 29.9 Å². The number of aryl methyl sites for hydroxylation is 2. The molecule has 0 saturated carbocycles. The normalized spacial score (nSPS) is 12.7. The van der Waals surface area contributed by atoms with Crippen LogP contribution in [-0.2, 0) is 13.0 Å². The third-order valence-electron chi connectivity index (χ3n) is 3.37. The predicted octanol–water partition coefficient (Wildman–Crippen LogP) is 3.51. The quantitative estimate of drug-likeness (QED) is 0.915. The fraction of sp³-hybridized carbons (Fsp3) is 0.400. The highest BCUT2D eigenvalue weighted by atomic mass is 35.5. The van der Waals surface area contributed by atoms with E-state index in [1.807, 2.05) is 18.7 Å². The summed E-state index contributed by atoms with van der Waals surface area (Å²) in [5.41, 5.74) is 2.87. The molecule has 5 heteroatoms. The lowest BCUT2D eigenvalue weighted by Crippen LogP contribution is -2.22. The van der Waals surface area contributed by atoms with Gasteiger partial charge < -0.3 is 5.32 Å². The van der Waals surface area contributed by atoms with Gasteiger partial charge in [-0.05, 0) is 57.1 Å². The standard InChI is InChI=1S/C15H19ClFN3/c1-4-20-15(7-10(2)19-20)14(18-3)9-11-8-12(17)5-6-13(11)16/h5-8,14,18H,4,9H2,1-3H3. The average Bonchev–Trinajstić information content (AvgIpc) is 2.80. The number of aromatic nitrogens is 2. The van der Waals surface area contributed by atoms with Crippen LogP contribution in [0.2, 0.25) is 5.02 Å². The van der Waals surface area contributed by atoms with Gasteiger partial charge in [0.2, 0.25) is 0 Å². The second-order valence-electron chi connectivity index (χ2n) is 4.81. The Bertz CT molecular complexity index is 595. The summed E-state index contributed by atoms with van der Waals surface area (Å²) in [5.74, 6) is -0.264. The molecule has 0 aliphatic heterocycles. The van der Waals surface area contributed by atoms with Crippen molar-refractivity contribution in [3.8, 4) is 0 Å². The number of nitrogens with zero attached hydrogens (tertiary/aromatic N) is 2. The van der Waals surface area contributed by atoms with E-state index in [1.165, 1.54) is 12.1 Å². The van der Waals surface area contributed by atoms with Crippen molar-refractivity contribution in [3.05, 3.63) is 52.1 Å². The molecular weight excluding hydrogens is 277 g/mol. The van der Waals surface area contributed by atoms with E-state index in [2.05, 4.69) is 23.4 Å². The highest BCUT2D eigenvalue weighted by Gasteiger charge is 2.17. The summed E-state index contributed by atoms with van der Waals surface area (Å²) in [6.45, 7) is 4.83. The van der Waals surface area contributed by atoms with Gasteiger partial charge in [-0.15, -0.1) is 0 Å². The van der Waals surface area contributed by atoms with Crippen LogP contribution in [0.1, 0.15) is 29.9 Å². The van der Waals surface area contributed by atoms with Crippen molar-refractivity contribution < 1.29 is 4.39 Å². The molecule has 0 aliphatic carbocycles. The van der Waals surface area contributed by atoms with Crippen molar-refractivity contribution in [2.75, 3.05) is 7.05 Å². The van der Waals surface area contributed by atoms with Crippen molar-refractivity contribution in [1.29, 1.82) is 0 Å². The van der Waals surface area contributed by atoms with Gasteiger partial charge in [0.25, 0.3) is 0 Å². The van der Waals surface area contributed by atoms with Crippen LogP contribution < -0.4 is 5.32 Å². The van der Waals surface area contributed by atoms with Gasteiger partial charge in [-0.25, -0.2) is 4.39 Å². The number of benzene rings is 1. The SMILES string of the molecule is CCn1nc(C)cc1C(Cc1cc(F)ccc1Cl)NC. The molecule has 1 aromatic heterocycles. The Labute approximate surface area is 123 Å². The van der Waals surface area contributed by atoms with Gasteiger partial charge >= 0.3 is 0 Å². The number of likely N-dealkylation sites (N-methyl/N-ethyl adjacent to an activating group) is 1. The first-order valence-corrected chi connectivity index (χ1v) is 7.08. The third kappa shape index (κ3) is 3.19. The van der Waals surface area contributed by atoms with Crippen LogP contribution in [0.4, 0.5) is 4.39 Å². The highest BCUT2D eigenvalue weighted by molar-refractivity contribution is 6.31. The fourth-order valence-corrected chi connectivity index (χ4v) is 2.57. The van der Waals surface area contributed by atoms with Crippen LogP contribution in [0, 0.1) is 12.7 Å². The lowest BCUT2D eigenvalue weighted by molar-refractivity contribution is 0.511. The maximum atomic E-state index is 13.4. The summed E-state index contributed by atoms with van der Waals surface area (Å²) in [7, 11) is 1.89. The molecule has 0 amide bonds. The fourth-order valence-electron chi connectivity index (χ4n) is 2.37. The largest absolute Gasteiger partial charge is 0.311 e. The highest BCUT2D eigenvalue weighted by Crippen LogP contribution is 2.24. The minimum absolute atomic E-state index is 0.0513. The lowest BCUT2D eigenvalue weighted by atomic mass is 10.0. The first-order chi connectivity index (χ1) is 9.55. The van der Waals surface area contributed by atoms with E-state index in [1.54, 1.807) is 6.07 Å². The van der Waals surface area contributed by atoms with Crippen molar-refractivity contribution in [1.82, 2.24) is 15.1 Å². The van der Waals surface area contributed by atoms with Gasteiger partial charge in [0.15, 0.2) is 0 Å². The van der Waals surface area contributed by atoms with Crippen LogP contribution in [0.3, 0.4) is 0 Å². The smallest absolute Gasteiger partial charge is 0.123 e. The second-order valence-corrected chi connectivity index (χ2v) is 5.21. The Balaban J connectivity index is 2.30. The van der Waals surface area contributed by atoms with Crippen molar-refractivity contribution in [3.63, 3.8) is 0 Å². The first-order valence-electron chi connectivity index (χ1n) is 6.70. The van der Waals surface area contributed by atoms with Gasteiger partial charge in [-0.1, -0.05) is 11.6 Å². The summed E-state index contributed by atoms with van der Waals surface area (Å²) in [5, 5.41) is 8.30. The van der Waals surface area contributed by atoms with E-state index in [9.17, 15) is 4.39 Å². The zero-order valence-electron chi connectivity index (χ0n) is 12.0. The zero-order chi connectivity index (χ0) is 14.7. The molecule has 0 radical (unpaired) electrons. The molecule has 1 N–H and O–H groups in total. The van der Waals surface area contributed by atoms with E-state index in [0.29, 0.717) is 11.4 Å². The molecule has 108 valence electrons. The van der Waals surface area contributed by atoms with Gasteiger partial charge in [0.1, 0.15) is 5.82 Å². The lowest BCUT2D eigenvalue weighted by Gasteiger charge is -2.18. The summed E-state index contributed by atoms with van der Waals surface area (Å²) >= 11 is 6.15. The van der Waals surface area contributed by atoms with Gasteiger partial charge in [-0.2, -0.15) is 5.10 Å². The Kier molecular flexibility index (Phi) is 4.78. The number of hydrogen-bond donors (Lipinski definition) is 1. The van der Waals surface area contributed by atoms with Gasteiger partial charge in [-0.3, -0.25) is 4.68 Å². The molecule has 3 nitrogen and oxygen atoms in total. The van der Waals surface area contributed by atoms with E-state index in [4.69, 9.17) is 11.6 Å². The number of hydrogen-bond acceptors (Lipinski definition) is 2. The monoisotopic (exact) mass is 295 g/mol. The molecule has 1 unspecified atom stereocenters. The molecule has 2 rings (SSSR count). The predicted molar refractivity (Wildman–Crippen MR) is 79.6 cm³/mol. The Morgan fingerprint density at radius 2 is 2.15 bits per heavy atom.